The van der Waals surface area contributed by atoms with Gasteiger partial charge in [0.2, 0.25) is 11.7 Å². The van der Waals surface area contributed by atoms with Crippen LogP contribution in [0.3, 0.4) is 0 Å². The summed E-state index contributed by atoms with van der Waals surface area (Å²) in [5.41, 5.74) is 7.67. The molecule has 2 unspecified atom stereocenters. The van der Waals surface area contributed by atoms with Crippen LogP contribution in [0.5, 0.6) is 0 Å². The van der Waals surface area contributed by atoms with Crippen LogP contribution in [-0.4, -0.2) is 27.1 Å². The van der Waals surface area contributed by atoms with E-state index in [4.69, 9.17) is 10.3 Å². The van der Waals surface area contributed by atoms with Gasteiger partial charge in [-0.1, -0.05) is 29.4 Å². The van der Waals surface area contributed by atoms with E-state index in [2.05, 4.69) is 28.9 Å². The van der Waals surface area contributed by atoms with Gasteiger partial charge in [-0.05, 0) is 32.3 Å². The molecule has 0 spiro atoms. The minimum atomic E-state index is 0.544. The second kappa shape index (κ2) is 5.95. The van der Waals surface area contributed by atoms with E-state index >= 15 is 0 Å². The van der Waals surface area contributed by atoms with Gasteiger partial charge < -0.3 is 10.3 Å². The summed E-state index contributed by atoms with van der Waals surface area (Å²) in [6.45, 7) is 5.79. The number of hydrogen-bond acceptors (Lipinski definition) is 5. The monoisotopic (exact) mass is 286 g/mol. The van der Waals surface area contributed by atoms with Crippen molar-refractivity contribution in [3.8, 4) is 11.4 Å². The first-order valence-corrected chi connectivity index (χ1v) is 7.55. The van der Waals surface area contributed by atoms with Crippen molar-refractivity contribution >= 4 is 0 Å². The van der Waals surface area contributed by atoms with Crippen molar-refractivity contribution in [1.82, 2.24) is 15.0 Å². The fourth-order valence-corrected chi connectivity index (χ4v) is 2.94. The molecule has 2 aromatic rings. The van der Waals surface area contributed by atoms with Gasteiger partial charge in [0.1, 0.15) is 0 Å². The van der Waals surface area contributed by atoms with Crippen molar-refractivity contribution in [1.29, 1.82) is 0 Å². The largest absolute Gasteiger partial charge is 0.338 e. The lowest BCUT2D eigenvalue weighted by Crippen LogP contribution is -2.32. The van der Waals surface area contributed by atoms with E-state index in [9.17, 15) is 0 Å². The van der Waals surface area contributed by atoms with Crippen molar-refractivity contribution in [2.75, 3.05) is 0 Å². The van der Waals surface area contributed by atoms with Gasteiger partial charge in [-0.25, -0.2) is 0 Å². The minimum absolute atomic E-state index is 0.544. The lowest BCUT2D eigenvalue weighted by molar-refractivity contribution is 0.178. The van der Waals surface area contributed by atoms with Crippen LogP contribution in [0.15, 0.2) is 28.8 Å². The van der Waals surface area contributed by atoms with E-state index in [-0.39, 0.29) is 0 Å². The van der Waals surface area contributed by atoms with Crippen molar-refractivity contribution in [2.24, 2.45) is 5.73 Å². The number of benzene rings is 1. The maximum absolute atomic E-state index is 5.60. The molecule has 0 bridgehead atoms. The Hall–Kier alpha value is -1.72. The fourth-order valence-electron chi connectivity index (χ4n) is 2.94. The topological polar surface area (TPSA) is 68.2 Å². The molecule has 3 rings (SSSR count). The Balaban J connectivity index is 1.73. The number of rotatable bonds is 4. The van der Waals surface area contributed by atoms with Crippen LogP contribution in [0.1, 0.15) is 38.1 Å². The van der Waals surface area contributed by atoms with Crippen LogP contribution >= 0.6 is 0 Å². The molecular weight excluding hydrogens is 264 g/mol. The number of likely N-dealkylation sites (tertiary alicyclic amines) is 1. The number of hydrogen-bond donors (Lipinski definition) is 1. The molecule has 1 saturated heterocycles. The number of nitrogens with two attached hydrogens (primary N) is 1. The zero-order valence-corrected chi connectivity index (χ0v) is 12.6. The average molecular weight is 286 g/mol. The summed E-state index contributed by atoms with van der Waals surface area (Å²) in [5.74, 6) is 1.33. The van der Waals surface area contributed by atoms with Gasteiger partial charge in [-0.3, -0.25) is 4.90 Å². The maximum Gasteiger partial charge on any atom is 0.241 e. The zero-order chi connectivity index (χ0) is 14.8. The van der Waals surface area contributed by atoms with Crippen LogP contribution in [-0.2, 0) is 13.1 Å². The molecule has 21 heavy (non-hydrogen) atoms. The molecule has 0 amide bonds. The van der Waals surface area contributed by atoms with Gasteiger partial charge in [0, 0.05) is 24.2 Å². The second-order valence-corrected chi connectivity index (χ2v) is 5.86. The van der Waals surface area contributed by atoms with Crippen molar-refractivity contribution in [2.45, 2.75) is 51.9 Å². The third-order valence-electron chi connectivity index (χ3n) is 4.37. The molecule has 112 valence electrons. The van der Waals surface area contributed by atoms with E-state index in [1.807, 2.05) is 24.3 Å². The van der Waals surface area contributed by atoms with Crippen molar-refractivity contribution in [3.05, 3.63) is 35.7 Å². The fraction of sp³-hybridized carbons (Fsp3) is 0.500. The van der Waals surface area contributed by atoms with Crippen molar-refractivity contribution in [3.63, 3.8) is 0 Å². The Morgan fingerprint density at radius 3 is 2.48 bits per heavy atom. The van der Waals surface area contributed by atoms with Gasteiger partial charge in [0.25, 0.3) is 0 Å². The Morgan fingerprint density at radius 1 is 1.19 bits per heavy atom. The van der Waals surface area contributed by atoms with Gasteiger partial charge in [0.15, 0.2) is 0 Å². The highest BCUT2D eigenvalue weighted by molar-refractivity contribution is 5.54. The summed E-state index contributed by atoms with van der Waals surface area (Å²) in [4.78, 5) is 6.94. The van der Waals surface area contributed by atoms with Crippen LogP contribution in [0.2, 0.25) is 0 Å². The van der Waals surface area contributed by atoms with Gasteiger partial charge in [-0.15, -0.1) is 0 Å². The molecule has 0 aliphatic carbocycles. The average Bonchev–Trinajstić information content (AvgIpc) is 3.10. The molecule has 1 aromatic carbocycles. The molecule has 0 radical (unpaired) electrons. The Morgan fingerprint density at radius 2 is 1.86 bits per heavy atom. The molecule has 1 fully saturated rings. The summed E-state index contributed by atoms with van der Waals surface area (Å²) in [6.07, 6.45) is 2.48. The molecular formula is C16H22N4O. The molecule has 1 aliphatic heterocycles. The summed E-state index contributed by atoms with van der Waals surface area (Å²) < 4.78 is 5.41. The number of nitrogens with zero attached hydrogens (tertiary/aromatic N) is 3. The normalized spacial score (nSPS) is 22.8. The molecule has 1 aromatic heterocycles. The first-order valence-electron chi connectivity index (χ1n) is 7.55. The highest BCUT2D eigenvalue weighted by atomic mass is 16.5. The highest BCUT2D eigenvalue weighted by Crippen LogP contribution is 2.25. The van der Waals surface area contributed by atoms with Crippen LogP contribution < -0.4 is 5.73 Å². The molecule has 2 atom stereocenters. The van der Waals surface area contributed by atoms with Crippen molar-refractivity contribution < 1.29 is 4.52 Å². The van der Waals surface area contributed by atoms with Crippen LogP contribution in [0.25, 0.3) is 11.4 Å². The highest BCUT2D eigenvalue weighted by Gasteiger charge is 2.28. The third-order valence-corrected chi connectivity index (χ3v) is 4.37. The molecule has 5 nitrogen and oxygen atoms in total. The van der Waals surface area contributed by atoms with Crippen LogP contribution in [0, 0.1) is 0 Å². The lowest BCUT2D eigenvalue weighted by Gasteiger charge is -2.23. The smallest absolute Gasteiger partial charge is 0.241 e. The SMILES string of the molecule is CC1CCC(C)N1Cc1nc(-c2ccc(CN)cc2)no1. The molecule has 5 heteroatoms. The summed E-state index contributed by atoms with van der Waals surface area (Å²) in [6, 6.07) is 9.13. The van der Waals surface area contributed by atoms with E-state index in [1.165, 1.54) is 12.8 Å². The standard InChI is InChI=1S/C16H22N4O/c1-11-3-4-12(2)20(11)10-15-18-16(19-21-15)14-7-5-13(9-17)6-8-14/h5-8,11-12H,3-4,9-10,17H2,1-2H3. The van der Waals surface area contributed by atoms with Crippen LogP contribution in [0.4, 0.5) is 0 Å². The first-order chi connectivity index (χ1) is 10.2. The number of aromatic nitrogens is 2. The Kier molecular flexibility index (Phi) is 4.03. The van der Waals surface area contributed by atoms with Gasteiger partial charge in [0.05, 0.1) is 6.54 Å². The lowest BCUT2D eigenvalue weighted by atomic mass is 10.1. The predicted molar refractivity (Wildman–Crippen MR) is 81.3 cm³/mol. The van der Waals surface area contributed by atoms with Gasteiger partial charge in [-0.2, -0.15) is 4.98 Å². The molecule has 1 aliphatic rings. The van der Waals surface area contributed by atoms with E-state index in [1.54, 1.807) is 0 Å². The second-order valence-electron chi connectivity index (χ2n) is 5.86. The molecule has 2 N–H and O–H groups in total. The summed E-state index contributed by atoms with van der Waals surface area (Å²) in [7, 11) is 0. The maximum atomic E-state index is 5.60. The zero-order valence-electron chi connectivity index (χ0n) is 12.6. The first kappa shape index (κ1) is 14.2. The molecule has 0 saturated carbocycles. The quantitative estimate of drug-likeness (QED) is 0.935. The van der Waals surface area contributed by atoms with E-state index in [0.29, 0.717) is 30.3 Å². The third kappa shape index (κ3) is 2.99. The minimum Gasteiger partial charge on any atom is -0.338 e. The predicted octanol–water partition coefficient (Wildman–Crippen LogP) is 2.57. The Labute approximate surface area is 125 Å². The summed E-state index contributed by atoms with van der Waals surface area (Å²) in [5, 5.41) is 4.09. The summed E-state index contributed by atoms with van der Waals surface area (Å²) >= 11 is 0. The Bertz CT molecular complexity index is 583. The van der Waals surface area contributed by atoms with E-state index < -0.39 is 0 Å². The van der Waals surface area contributed by atoms with Gasteiger partial charge >= 0.3 is 0 Å². The molecule has 2 heterocycles. The van der Waals surface area contributed by atoms with E-state index in [0.717, 1.165) is 17.7 Å².